The van der Waals surface area contributed by atoms with Crippen LogP contribution in [0.2, 0.25) is 0 Å². The summed E-state index contributed by atoms with van der Waals surface area (Å²) in [6.45, 7) is 6.14. The predicted octanol–water partition coefficient (Wildman–Crippen LogP) is 2.35. The van der Waals surface area contributed by atoms with Crippen molar-refractivity contribution >= 4 is 21.8 Å². The van der Waals surface area contributed by atoms with Gasteiger partial charge in [-0.2, -0.15) is 0 Å². The maximum Gasteiger partial charge on any atom is 0.271 e. The molecule has 1 aromatic rings. The third-order valence-electron chi connectivity index (χ3n) is 3.77. The third-order valence-corrected chi connectivity index (χ3v) is 4.41. The van der Waals surface area contributed by atoms with Gasteiger partial charge in [-0.25, -0.2) is 4.98 Å². The normalized spacial score (nSPS) is 21.9. The number of aromatic nitrogens is 1. The summed E-state index contributed by atoms with van der Waals surface area (Å²) < 4.78 is 0.725. The molecular weight excluding hydrogens is 306 g/mol. The molecule has 1 aromatic heterocycles. The van der Waals surface area contributed by atoms with Crippen molar-refractivity contribution in [2.24, 2.45) is 5.41 Å². The average Bonchev–Trinajstić information content (AvgIpc) is 2.37. The number of hydrogen-bond donors (Lipinski definition) is 2. The van der Waals surface area contributed by atoms with Gasteiger partial charge in [0.15, 0.2) is 0 Å². The molecule has 1 fully saturated rings. The lowest BCUT2D eigenvalue weighted by molar-refractivity contribution is 0.0923. The molecule has 1 aliphatic rings. The first kappa shape index (κ1) is 14.5. The van der Waals surface area contributed by atoms with E-state index in [1.54, 1.807) is 12.3 Å². The molecule has 2 N–H and O–H groups in total. The highest BCUT2D eigenvalue weighted by atomic mass is 79.9. The predicted molar refractivity (Wildman–Crippen MR) is 79.1 cm³/mol. The zero-order valence-corrected chi connectivity index (χ0v) is 13.0. The van der Waals surface area contributed by atoms with E-state index in [0.717, 1.165) is 11.0 Å². The van der Waals surface area contributed by atoms with Crippen LogP contribution in [0.15, 0.2) is 22.8 Å². The zero-order chi connectivity index (χ0) is 13.9. The van der Waals surface area contributed by atoms with Gasteiger partial charge in [0.1, 0.15) is 5.69 Å². The lowest BCUT2D eigenvalue weighted by Crippen LogP contribution is -2.52. The van der Waals surface area contributed by atoms with Crippen LogP contribution in [0.4, 0.5) is 0 Å². The molecule has 1 amide bonds. The molecule has 4 nitrogen and oxygen atoms in total. The van der Waals surface area contributed by atoms with Gasteiger partial charge in [0.25, 0.3) is 5.91 Å². The molecule has 0 radical (unpaired) electrons. The maximum atomic E-state index is 12.1. The fourth-order valence-electron chi connectivity index (χ4n) is 2.45. The Bertz CT molecular complexity index is 462. The minimum absolute atomic E-state index is 0.129. The SMILES string of the molecule is CC1(C)CCCNC1CNC(=O)c1ncccc1Br. The van der Waals surface area contributed by atoms with E-state index in [0.29, 0.717) is 18.3 Å². The quantitative estimate of drug-likeness (QED) is 0.896. The van der Waals surface area contributed by atoms with Crippen LogP contribution in [-0.2, 0) is 0 Å². The van der Waals surface area contributed by atoms with E-state index in [1.807, 2.05) is 6.07 Å². The van der Waals surface area contributed by atoms with Gasteiger partial charge in [0.2, 0.25) is 0 Å². The van der Waals surface area contributed by atoms with Gasteiger partial charge < -0.3 is 10.6 Å². The Kier molecular flexibility index (Phi) is 4.58. The smallest absolute Gasteiger partial charge is 0.271 e. The van der Waals surface area contributed by atoms with Crippen molar-refractivity contribution in [3.63, 3.8) is 0 Å². The first-order chi connectivity index (χ1) is 9.00. The summed E-state index contributed by atoms with van der Waals surface area (Å²) in [5.74, 6) is -0.129. The van der Waals surface area contributed by atoms with Crippen LogP contribution in [0.3, 0.4) is 0 Å². The lowest BCUT2D eigenvalue weighted by atomic mass is 9.77. The van der Waals surface area contributed by atoms with Crippen LogP contribution in [0.5, 0.6) is 0 Å². The van der Waals surface area contributed by atoms with Crippen LogP contribution in [-0.4, -0.2) is 30.0 Å². The largest absolute Gasteiger partial charge is 0.349 e. The second kappa shape index (κ2) is 6.01. The second-order valence-electron chi connectivity index (χ2n) is 5.64. The molecule has 0 aliphatic carbocycles. The summed E-state index contributed by atoms with van der Waals surface area (Å²) in [6.07, 6.45) is 4.01. The van der Waals surface area contributed by atoms with Gasteiger partial charge in [-0.05, 0) is 52.9 Å². The van der Waals surface area contributed by atoms with E-state index in [9.17, 15) is 4.79 Å². The van der Waals surface area contributed by atoms with E-state index in [-0.39, 0.29) is 11.3 Å². The number of nitrogens with one attached hydrogen (secondary N) is 2. The highest BCUT2D eigenvalue weighted by Crippen LogP contribution is 2.29. The van der Waals surface area contributed by atoms with E-state index in [4.69, 9.17) is 0 Å². The summed E-state index contributed by atoms with van der Waals surface area (Å²) in [6, 6.07) is 3.94. The molecule has 2 rings (SSSR count). The standard InChI is InChI=1S/C14H20BrN3O/c1-14(2)6-4-8-16-11(14)9-18-13(19)12-10(15)5-3-7-17-12/h3,5,7,11,16H,4,6,8-9H2,1-2H3,(H,18,19). The first-order valence-electron chi connectivity index (χ1n) is 6.63. The lowest BCUT2D eigenvalue weighted by Gasteiger charge is -2.39. The molecule has 19 heavy (non-hydrogen) atoms. The van der Waals surface area contributed by atoms with Crippen molar-refractivity contribution in [3.8, 4) is 0 Å². The van der Waals surface area contributed by atoms with Gasteiger partial charge in [0, 0.05) is 23.3 Å². The van der Waals surface area contributed by atoms with Gasteiger partial charge in [0.05, 0.1) is 0 Å². The molecule has 1 aliphatic heterocycles. The minimum atomic E-state index is -0.129. The Hall–Kier alpha value is -0.940. The molecular formula is C14H20BrN3O. The molecule has 0 bridgehead atoms. The molecule has 1 unspecified atom stereocenters. The number of pyridine rings is 1. The highest BCUT2D eigenvalue weighted by Gasteiger charge is 2.32. The Labute approximate surface area is 122 Å². The third kappa shape index (κ3) is 3.54. The van der Waals surface area contributed by atoms with E-state index >= 15 is 0 Å². The summed E-state index contributed by atoms with van der Waals surface area (Å²) >= 11 is 3.35. The zero-order valence-electron chi connectivity index (χ0n) is 11.4. The monoisotopic (exact) mass is 325 g/mol. The van der Waals surface area contributed by atoms with Crippen molar-refractivity contribution in [1.29, 1.82) is 0 Å². The summed E-state index contributed by atoms with van der Waals surface area (Å²) in [5.41, 5.74) is 0.656. The first-order valence-corrected chi connectivity index (χ1v) is 7.42. The second-order valence-corrected chi connectivity index (χ2v) is 6.50. The fourth-order valence-corrected chi connectivity index (χ4v) is 2.89. The van der Waals surface area contributed by atoms with Gasteiger partial charge in [-0.1, -0.05) is 13.8 Å². The Balaban J connectivity index is 1.95. The fraction of sp³-hybridized carbons (Fsp3) is 0.571. The molecule has 0 aromatic carbocycles. The molecule has 2 heterocycles. The van der Waals surface area contributed by atoms with Crippen molar-refractivity contribution in [1.82, 2.24) is 15.6 Å². The minimum Gasteiger partial charge on any atom is -0.349 e. The Morgan fingerprint density at radius 3 is 3.11 bits per heavy atom. The van der Waals surface area contributed by atoms with E-state index < -0.39 is 0 Å². The number of piperidine rings is 1. The van der Waals surface area contributed by atoms with Crippen LogP contribution >= 0.6 is 15.9 Å². The molecule has 104 valence electrons. The van der Waals surface area contributed by atoms with Crippen LogP contribution in [0, 0.1) is 5.41 Å². The summed E-state index contributed by atoms with van der Waals surface area (Å²) in [4.78, 5) is 16.2. The van der Waals surface area contributed by atoms with E-state index in [2.05, 4.69) is 45.4 Å². The Morgan fingerprint density at radius 2 is 2.42 bits per heavy atom. The van der Waals surface area contributed by atoms with Crippen molar-refractivity contribution in [3.05, 3.63) is 28.5 Å². The highest BCUT2D eigenvalue weighted by molar-refractivity contribution is 9.10. The summed E-state index contributed by atoms with van der Waals surface area (Å²) in [5, 5.41) is 6.46. The van der Waals surface area contributed by atoms with Crippen LogP contribution < -0.4 is 10.6 Å². The maximum absolute atomic E-state index is 12.1. The van der Waals surface area contributed by atoms with Gasteiger partial charge in [-0.15, -0.1) is 0 Å². The van der Waals surface area contributed by atoms with E-state index in [1.165, 1.54) is 12.8 Å². The van der Waals surface area contributed by atoms with Crippen molar-refractivity contribution in [2.75, 3.05) is 13.1 Å². The summed E-state index contributed by atoms with van der Waals surface area (Å²) in [7, 11) is 0. The topological polar surface area (TPSA) is 54.0 Å². The van der Waals surface area contributed by atoms with Gasteiger partial charge >= 0.3 is 0 Å². The van der Waals surface area contributed by atoms with Crippen LogP contribution in [0.1, 0.15) is 37.2 Å². The number of hydrogen-bond acceptors (Lipinski definition) is 3. The molecule has 1 atom stereocenters. The number of halogens is 1. The van der Waals surface area contributed by atoms with Crippen molar-refractivity contribution in [2.45, 2.75) is 32.7 Å². The molecule has 0 saturated carbocycles. The number of amides is 1. The number of nitrogens with zero attached hydrogens (tertiary/aromatic N) is 1. The number of carbonyl (C=O) groups excluding carboxylic acids is 1. The molecule has 1 saturated heterocycles. The molecule has 5 heteroatoms. The van der Waals surface area contributed by atoms with Crippen molar-refractivity contribution < 1.29 is 4.79 Å². The average molecular weight is 326 g/mol. The molecule has 0 spiro atoms. The van der Waals surface area contributed by atoms with Gasteiger partial charge in [-0.3, -0.25) is 4.79 Å². The number of carbonyl (C=O) groups is 1. The van der Waals surface area contributed by atoms with Crippen LogP contribution in [0.25, 0.3) is 0 Å². The number of rotatable bonds is 3. The Morgan fingerprint density at radius 1 is 1.63 bits per heavy atom.